The maximum Gasteiger partial charge on any atom is 0.323 e. The van der Waals surface area contributed by atoms with Gasteiger partial charge in [0.2, 0.25) is 5.91 Å². The van der Waals surface area contributed by atoms with Gasteiger partial charge in [-0.2, -0.15) is 0 Å². The van der Waals surface area contributed by atoms with E-state index in [-0.39, 0.29) is 31.1 Å². The first-order valence-corrected chi connectivity index (χ1v) is 10.9. The van der Waals surface area contributed by atoms with Crippen molar-refractivity contribution in [3.05, 3.63) is 81.8 Å². The second kappa shape index (κ2) is 10.7. The highest BCUT2D eigenvalue weighted by Crippen LogP contribution is 2.14. The minimum absolute atomic E-state index is 0.122. The highest BCUT2D eigenvalue weighted by atomic mass is 32.2. The minimum atomic E-state index is -0.994. The maximum absolute atomic E-state index is 12.9. The number of hydrogen-bond acceptors (Lipinski definition) is 6. The van der Waals surface area contributed by atoms with Gasteiger partial charge in [-0.3, -0.25) is 14.4 Å². The lowest BCUT2D eigenvalue weighted by Gasteiger charge is -2.13. The van der Waals surface area contributed by atoms with Crippen LogP contribution in [-0.4, -0.2) is 31.1 Å². The van der Waals surface area contributed by atoms with Crippen LogP contribution in [0.5, 0.6) is 0 Å². The Morgan fingerprint density at radius 3 is 2.56 bits per heavy atom. The van der Waals surface area contributed by atoms with E-state index in [0.29, 0.717) is 28.5 Å². The molecule has 3 rings (SSSR count). The molecule has 2 heterocycles. The van der Waals surface area contributed by atoms with Crippen LogP contribution in [0.1, 0.15) is 22.6 Å². The number of rotatable bonds is 10. The molecule has 0 bridgehead atoms. The molecular weight excluding hydrogens is 430 g/mol. The SMILES string of the molecule is Cc1ncn(CC(=O)O)c1CNC(=O)Cn1c(C)ccc(NSCc2ccccc2)c1=O. The van der Waals surface area contributed by atoms with E-state index in [4.69, 9.17) is 5.11 Å². The number of aliphatic carboxylic acids is 1. The van der Waals surface area contributed by atoms with Gasteiger partial charge in [-0.05, 0) is 43.5 Å². The summed E-state index contributed by atoms with van der Waals surface area (Å²) in [5.74, 6) is -0.656. The predicted molar refractivity (Wildman–Crippen MR) is 123 cm³/mol. The number of carbonyl (C=O) groups excluding carboxylic acids is 1. The molecule has 1 aromatic carbocycles. The monoisotopic (exact) mass is 455 g/mol. The van der Waals surface area contributed by atoms with Gasteiger partial charge in [0.15, 0.2) is 0 Å². The molecule has 0 saturated carbocycles. The fourth-order valence-electron chi connectivity index (χ4n) is 3.12. The zero-order valence-corrected chi connectivity index (χ0v) is 18.7. The third kappa shape index (κ3) is 6.01. The average molecular weight is 456 g/mol. The molecule has 0 atom stereocenters. The van der Waals surface area contributed by atoms with E-state index in [9.17, 15) is 14.4 Å². The van der Waals surface area contributed by atoms with E-state index in [1.807, 2.05) is 30.3 Å². The largest absolute Gasteiger partial charge is 0.480 e. The van der Waals surface area contributed by atoms with Gasteiger partial charge in [0.05, 0.1) is 24.3 Å². The Morgan fingerprint density at radius 2 is 1.84 bits per heavy atom. The van der Waals surface area contributed by atoms with Crippen molar-refractivity contribution in [2.24, 2.45) is 0 Å². The molecule has 3 N–H and O–H groups in total. The molecule has 0 aliphatic heterocycles. The first-order valence-electron chi connectivity index (χ1n) is 9.96. The van der Waals surface area contributed by atoms with Gasteiger partial charge in [0.1, 0.15) is 18.8 Å². The summed E-state index contributed by atoms with van der Waals surface area (Å²) in [5, 5.41) is 11.8. The van der Waals surface area contributed by atoms with Crippen LogP contribution in [0.2, 0.25) is 0 Å². The van der Waals surface area contributed by atoms with Gasteiger partial charge < -0.3 is 24.3 Å². The number of aryl methyl sites for hydroxylation is 2. The highest BCUT2D eigenvalue weighted by molar-refractivity contribution is 7.99. The fourth-order valence-corrected chi connectivity index (χ4v) is 3.86. The Kier molecular flexibility index (Phi) is 7.72. The smallest absolute Gasteiger partial charge is 0.323 e. The Bertz CT molecular complexity index is 1160. The molecule has 1 amide bonds. The zero-order chi connectivity index (χ0) is 23.1. The summed E-state index contributed by atoms with van der Waals surface area (Å²) in [5.41, 5.74) is 3.16. The molecule has 0 radical (unpaired) electrons. The Labute approximate surface area is 189 Å². The molecule has 32 heavy (non-hydrogen) atoms. The lowest BCUT2D eigenvalue weighted by molar-refractivity contribution is -0.137. The number of amides is 1. The van der Waals surface area contributed by atoms with Crippen molar-refractivity contribution in [2.45, 2.75) is 39.2 Å². The minimum Gasteiger partial charge on any atom is -0.480 e. The Hall–Kier alpha value is -3.53. The highest BCUT2D eigenvalue weighted by Gasteiger charge is 2.14. The number of carboxylic acids is 1. The first-order chi connectivity index (χ1) is 15.3. The molecule has 0 aliphatic carbocycles. The van der Waals surface area contributed by atoms with Crippen LogP contribution in [0.4, 0.5) is 5.69 Å². The summed E-state index contributed by atoms with van der Waals surface area (Å²) in [6.07, 6.45) is 1.43. The number of aromatic nitrogens is 3. The first kappa shape index (κ1) is 23.1. The fraction of sp³-hybridized carbons (Fsp3) is 0.273. The summed E-state index contributed by atoms with van der Waals surface area (Å²) in [6.45, 7) is 3.25. The van der Waals surface area contributed by atoms with Crippen molar-refractivity contribution in [2.75, 3.05) is 4.72 Å². The maximum atomic E-state index is 12.9. The van der Waals surface area contributed by atoms with Crippen LogP contribution in [0, 0.1) is 13.8 Å². The molecule has 0 aliphatic rings. The summed E-state index contributed by atoms with van der Waals surface area (Å²) >= 11 is 1.40. The van der Waals surface area contributed by atoms with Crippen LogP contribution < -0.4 is 15.6 Å². The quantitative estimate of drug-likeness (QED) is 0.402. The molecule has 3 aromatic rings. The lowest BCUT2D eigenvalue weighted by Crippen LogP contribution is -2.34. The second-order valence-corrected chi connectivity index (χ2v) is 8.01. The van der Waals surface area contributed by atoms with Crippen molar-refractivity contribution >= 4 is 29.5 Å². The number of anilines is 1. The number of benzene rings is 1. The average Bonchev–Trinajstić information content (AvgIpc) is 3.10. The number of carbonyl (C=O) groups is 2. The van der Waals surface area contributed by atoms with Crippen LogP contribution in [0.15, 0.2) is 53.6 Å². The van der Waals surface area contributed by atoms with Crippen molar-refractivity contribution in [3.63, 3.8) is 0 Å². The number of nitrogens with one attached hydrogen (secondary N) is 2. The van der Waals surface area contributed by atoms with Crippen molar-refractivity contribution < 1.29 is 14.7 Å². The molecule has 0 unspecified atom stereocenters. The molecule has 2 aromatic heterocycles. The van der Waals surface area contributed by atoms with Gasteiger partial charge in [-0.15, -0.1) is 0 Å². The van der Waals surface area contributed by atoms with E-state index < -0.39 is 5.97 Å². The molecule has 0 fully saturated rings. The number of hydrogen-bond donors (Lipinski definition) is 3. The van der Waals surface area contributed by atoms with Crippen molar-refractivity contribution in [1.82, 2.24) is 19.4 Å². The molecule has 0 spiro atoms. The lowest BCUT2D eigenvalue weighted by atomic mass is 10.2. The van der Waals surface area contributed by atoms with Crippen LogP contribution in [0.3, 0.4) is 0 Å². The van der Waals surface area contributed by atoms with Gasteiger partial charge >= 0.3 is 5.97 Å². The molecule has 0 saturated heterocycles. The van der Waals surface area contributed by atoms with Crippen molar-refractivity contribution in [1.29, 1.82) is 0 Å². The van der Waals surface area contributed by atoms with Crippen LogP contribution in [0.25, 0.3) is 0 Å². The Morgan fingerprint density at radius 1 is 1.09 bits per heavy atom. The van der Waals surface area contributed by atoms with Crippen LogP contribution in [-0.2, 0) is 35.0 Å². The summed E-state index contributed by atoms with van der Waals surface area (Å²) in [6, 6.07) is 13.4. The third-order valence-electron chi connectivity index (χ3n) is 4.87. The number of nitrogens with zero attached hydrogens (tertiary/aromatic N) is 3. The van der Waals surface area contributed by atoms with E-state index >= 15 is 0 Å². The standard InChI is InChI=1S/C22H25N5O4S/c1-15-8-9-18(25-32-13-17-6-4-3-5-7-17)22(31)27(15)11-20(28)23-10-19-16(2)24-14-26(19)12-21(29)30/h3-9,14,25H,10-13H2,1-2H3,(H,23,28)(H,29,30). The van der Waals surface area contributed by atoms with E-state index in [1.165, 1.54) is 27.4 Å². The van der Waals surface area contributed by atoms with Gasteiger partial charge in [0.25, 0.3) is 5.56 Å². The summed E-state index contributed by atoms with van der Waals surface area (Å²) in [4.78, 5) is 40.5. The molecule has 10 heteroatoms. The van der Waals surface area contributed by atoms with E-state index in [0.717, 1.165) is 5.56 Å². The molecule has 9 nitrogen and oxygen atoms in total. The predicted octanol–water partition coefficient (Wildman–Crippen LogP) is 2.32. The zero-order valence-electron chi connectivity index (χ0n) is 17.9. The summed E-state index contributed by atoms with van der Waals surface area (Å²) < 4.78 is 5.96. The van der Waals surface area contributed by atoms with Crippen molar-refractivity contribution in [3.8, 4) is 0 Å². The van der Waals surface area contributed by atoms with E-state index in [2.05, 4.69) is 15.0 Å². The van der Waals surface area contributed by atoms with Crippen LogP contribution >= 0.6 is 11.9 Å². The molecular formula is C22H25N5O4S. The van der Waals surface area contributed by atoms with E-state index in [1.54, 1.807) is 26.0 Å². The van der Waals surface area contributed by atoms with Gasteiger partial charge in [-0.25, -0.2) is 4.98 Å². The number of pyridine rings is 1. The molecule has 168 valence electrons. The number of imidazole rings is 1. The Balaban J connectivity index is 1.62. The second-order valence-electron chi connectivity index (χ2n) is 7.23. The third-order valence-corrected chi connectivity index (χ3v) is 5.71. The van der Waals surface area contributed by atoms with Gasteiger partial charge in [0, 0.05) is 11.4 Å². The van der Waals surface area contributed by atoms with Gasteiger partial charge in [-0.1, -0.05) is 30.3 Å². The topological polar surface area (TPSA) is 118 Å². The normalized spacial score (nSPS) is 10.7. The number of carboxylic acid groups (broad SMARTS) is 1. The summed E-state index contributed by atoms with van der Waals surface area (Å²) in [7, 11) is 0.